The van der Waals surface area contributed by atoms with E-state index in [1.165, 1.54) is 18.4 Å². The highest BCUT2D eigenvalue weighted by Crippen LogP contribution is 2.45. The number of amides is 1. The van der Waals surface area contributed by atoms with E-state index in [4.69, 9.17) is 14.2 Å². The second kappa shape index (κ2) is 9.27. The lowest BCUT2D eigenvalue weighted by atomic mass is 9.96. The fourth-order valence-electron chi connectivity index (χ4n) is 4.54. The molecule has 3 N–H and O–H groups in total. The first-order chi connectivity index (χ1) is 17.5. The van der Waals surface area contributed by atoms with Crippen molar-refractivity contribution in [2.75, 3.05) is 20.3 Å². The van der Waals surface area contributed by atoms with Crippen molar-refractivity contribution in [3.05, 3.63) is 40.2 Å². The molecule has 0 saturated carbocycles. The van der Waals surface area contributed by atoms with Gasteiger partial charge in [-0.1, -0.05) is 0 Å². The Labute approximate surface area is 220 Å². The number of hydrogen-bond donors (Lipinski definition) is 3. The van der Waals surface area contributed by atoms with Crippen LogP contribution in [-0.4, -0.2) is 77.7 Å². The van der Waals surface area contributed by atoms with E-state index in [2.05, 4.69) is 5.10 Å². The van der Waals surface area contributed by atoms with E-state index in [0.717, 1.165) is 0 Å². The van der Waals surface area contributed by atoms with Crippen molar-refractivity contribution in [1.82, 2.24) is 14.7 Å². The van der Waals surface area contributed by atoms with Crippen molar-refractivity contribution in [3.8, 4) is 28.4 Å². The maximum absolute atomic E-state index is 13.8. The molecule has 3 aromatic rings. The second-order valence-corrected chi connectivity index (χ2v) is 12.2. The summed E-state index contributed by atoms with van der Waals surface area (Å²) in [6.07, 6.45) is -3.45. The number of rotatable bonds is 7. The molecule has 1 unspecified atom stereocenters. The molecule has 0 radical (unpaired) electrons. The number of ether oxygens (including phenoxy) is 3. The van der Waals surface area contributed by atoms with Crippen LogP contribution in [0.3, 0.4) is 0 Å². The van der Waals surface area contributed by atoms with Crippen LogP contribution in [0.25, 0.3) is 16.9 Å². The fourth-order valence-corrected chi connectivity index (χ4v) is 6.24. The maximum atomic E-state index is 13.8. The van der Waals surface area contributed by atoms with Gasteiger partial charge in [0.15, 0.2) is 16.3 Å². The molecule has 0 aliphatic carbocycles. The number of fused-ring (bicyclic) bond motifs is 3. The molecule has 2 aliphatic rings. The van der Waals surface area contributed by atoms with Gasteiger partial charge in [0.2, 0.25) is 0 Å². The van der Waals surface area contributed by atoms with Crippen molar-refractivity contribution >= 4 is 28.4 Å². The zero-order chi connectivity index (χ0) is 26.7. The van der Waals surface area contributed by atoms with E-state index in [1.54, 1.807) is 23.7 Å². The van der Waals surface area contributed by atoms with E-state index < -0.39 is 28.7 Å². The standard InChI is InChI=1S/C24H27N3O8S2/c1-13(2)37(32)19-7-15-17(8-18(19)33-4)35-9-16-20(25-26(21(15)16)14-5-6-36-10-14)22(28)27(24(29,30)31)23(3)11-34-12-23/h5-8,10,13,29-31H,9,11-12H2,1-4H3. The smallest absolute Gasteiger partial charge is 0.372 e. The lowest BCUT2D eigenvalue weighted by molar-refractivity contribution is -0.405. The van der Waals surface area contributed by atoms with E-state index in [-0.39, 0.29) is 30.8 Å². The summed E-state index contributed by atoms with van der Waals surface area (Å²) in [5.74, 6) is -0.0295. The van der Waals surface area contributed by atoms with Crippen molar-refractivity contribution in [3.63, 3.8) is 0 Å². The molecular formula is C24H27N3O8S2. The monoisotopic (exact) mass is 549 g/mol. The highest BCUT2D eigenvalue weighted by Gasteiger charge is 2.53. The summed E-state index contributed by atoms with van der Waals surface area (Å²) >= 11 is 0.0494. The lowest BCUT2D eigenvalue weighted by Crippen LogP contribution is -2.69. The quantitative estimate of drug-likeness (QED) is 0.296. The van der Waals surface area contributed by atoms with E-state index in [0.29, 0.717) is 43.8 Å². The third kappa shape index (κ3) is 4.30. The summed E-state index contributed by atoms with van der Waals surface area (Å²) in [7, 11) is 1.49. The van der Waals surface area contributed by atoms with Crippen LogP contribution in [-0.2, 0) is 22.5 Å². The minimum atomic E-state index is -3.45. The molecule has 13 heteroatoms. The third-order valence-corrected chi connectivity index (χ3v) is 8.62. The zero-order valence-electron chi connectivity index (χ0n) is 20.6. The van der Waals surface area contributed by atoms with Gasteiger partial charge in [-0.25, -0.2) is 4.68 Å². The number of benzene rings is 1. The zero-order valence-corrected chi connectivity index (χ0v) is 22.3. The first kappa shape index (κ1) is 26.0. The van der Waals surface area contributed by atoms with Crippen molar-refractivity contribution in [2.45, 2.75) is 49.2 Å². The molecule has 2 aromatic heterocycles. The van der Waals surface area contributed by atoms with Gasteiger partial charge in [-0.05, 0) is 43.4 Å². The summed E-state index contributed by atoms with van der Waals surface area (Å²) in [5.41, 5.74) is 0.843. The number of aromatic nitrogens is 2. The van der Waals surface area contributed by atoms with Crippen LogP contribution in [0.15, 0.2) is 33.9 Å². The van der Waals surface area contributed by atoms with Gasteiger partial charge in [-0.15, -0.1) is 0 Å². The number of carbonyl (C=O) groups is 1. The molecule has 198 valence electrons. The van der Waals surface area contributed by atoms with Gasteiger partial charge >= 0.3 is 6.10 Å². The largest absolute Gasteiger partial charge is 0.611 e. The van der Waals surface area contributed by atoms with Crippen molar-refractivity contribution < 1.29 is 38.9 Å². The summed E-state index contributed by atoms with van der Waals surface area (Å²) < 4.78 is 31.3. The first-order valence-corrected chi connectivity index (χ1v) is 13.6. The normalized spacial score (nSPS) is 16.9. The highest BCUT2D eigenvalue weighted by molar-refractivity contribution is 7.92. The fraction of sp³-hybridized carbons (Fsp3) is 0.417. The summed E-state index contributed by atoms with van der Waals surface area (Å²) in [5, 5.41) is 38.4. The number of nitrogens with zero attached hydrogens (tertiary/aromatic N) is 3. The average molecular weight is 550 g/mol. The maximum Gasteiger partial charge on any atom is 0.372 e. The first-order valence-electron chi connectivity index (χ1n) is 11.5. The van der Waals surface area contributed by atoms with Gasteiger partial charge in [0.05, 0.1) is 37.2 Å². The van der Waals surface area contributed by atoms with Crippen LogP contribution in [0.1, 0.15) is 36.8 Å². The summed E-state index contributed by atoms with van der Waals surface area (Å²) in [4.78, 5) is 14.8. The average Bonchev–Trinajstić information content (AvgIpc) is 3.48. The Morgan fingerprint density at radius 2 is 2.08 bits per heavy atom. The van der Waals surface area contributed by atoms with Crippen LogP contribution < -0.4 is 9.47 Å². The van der Waals surface area contributed by atoms with Crippen LogP contribution >= 0.6 is 11.3 Å². The molecule has 1 saturated heterocycles. The second-order valence-electron chi connectivity index (χ2n) is 9.43. The predicted molar refractivity (Wildman–Crippen MR) is 134 cm³/mol. The number of hydrogen-bond acceptors (Lipinski definition) is 10. The Bertz CT molecular complexity index is 1330. The SMILES string of the molecule is COc1cc2c(cc1[S+]([O-])C(C)C)-c1c(c(C(=O)N(C(O)(O)O)C3(C)COC3)nn1-c1ccsc1)CO2. The Morgan fingerprint density at radius 3 is 2.62 bits per heavy atom. The molecule has 1 fully saturated rings. The Kier molecular flexibility index (Phi) is 6.51. The Hall–Kier alpha value is -2.65. The van der Waals surface area contributed by atoms with E-state index in [1.807, 2.05) is 30.7 Å². The highest BCUT2D eigenvalue weighted by atomic mass is 32.2. The molecule has 1 amide bonds. The molecule has 2 aliphatic heterocycles. The third-order valence-electron chi connectivity index (χ3n) is 6.34. The van der Waals surface area contributed by atoms with Gasteiger partial charge in [-0.3, -0.25) is 9.69 Å². The van der Waals surface area contributed by atoms with Crippen molar-refractivity contribution in [1.29, 1.82) is 0 Å². The number of aliphatic hydroxyl groups is 3. The van der Waals surface area contributed by atoms with E-state index in [9.17, 15) is 24.7 Å². The van der Waals surface area contributed by atoms with Gasteiger partial charge in [0, 0.05) is 28.6 Å². The molecule has 5 rings (SSSR count). The summed E-state index contributed by atoms with van der Waals surface area (Å²) in [6, 6.07) is 5.21. The molecule has 37 heavy (non-hydrogen) atoms. The van der Waals surface area contributed by atoms with Crippen LogP contribution in [0.2, 0.25) is 0 Å². The molecule has 0 spiro atoms. The van der Waals surface area contributed by atoms with Crippen LogP contribution in [0.5, 0.6) is 11.5 Å². The minimum Gasteiger partial charge on any atom is -0.611 e. The Balaban J connectivity index is 1.72. The lowest BCUT2D eigenvalue weighted by Gasteiger charge is -2.49. The summed E-state index contributed by atoms with van der Waals surface area (Å²) in [6.45, 7) is 5.19. The molecule has 1 aromatic carbocycles. The number of thiophene rings is 1. The topological polar surface area (TPSA) is 150 Å². The molecular weight excluding hydrogens is 522 g/mol. The molecule has 1 atom stereocenters. The minimum absolute atomic E-state index is 0.000889. The number of methoxy groups -OCH3 is 1. The van der Waals surface area contributed by atoms with Crippen LogP contribution in [0.4, 0.5) is 0 Å². The molecule has 0 bridgehead atoms. The van der Waals surface area contributed by atoms with Crippen molar-refractivity contribution in [2.24, 2.45) is 0 Å². The molecule has 4 heterocycles. The molecule has 11 nitrogen and oxygen atoms in total. The number of carbonyl (C=O) groups excluding carboxylic acids is 1. The Morgan fingerprint density at radius 1 is 1.35 bits per heavy atom. The van der Waals surface area contributed by atoms with Crippen LogP contribution in [0, 0.1) is 0 Å². The van der Waals surface area contributed by atoms with E-state index >= 15 is 0 Å². The van der Waals surface area contributed by atoms with Gasteiger partial charge in [-0.2, -0.15) is 16.4 Å². The van der Waals surface area contributed by atoms with Gasteiger partial charge in [0.25, 0.3) is 5.91 Å². The van der Waals surface area contributed by atoms with Gasteiger partial charge in [0.1, 0.15) is 17.6 Å². The predicted octanol–water partition coefficient (Wildman–Crippen LogP) is 1.84. The van der Waals surface area contributed by atoms with Gasteiger partial charge < -0.3 is 34.1 Å².